The van der Waals surface area contributed by atoms with Crippen molar-refractivity contribution >= 4 is 5.69 Å². The zero-order valence-electron chi connectivity index (χ0n) is 12.0. The van der Waals surface area contributed by atoms with E-state index in [0.717, 1.165) is 23.4 Å². The largest absolute Gasteiger partial charge is 0.508 e. The summed E-state index contributed by atoms with van der Waals surface area (Å²) in [7, 11) is 0. The van der Waals surface area contributed by atoms with E-state index in [1.54, 1.807) is 6.07 Å². The summed E-state index contributed by atoms with van der Waals surface area (Å²) in [5, 5.41) is 13.1. The fraction of sp³-hybridized carbons (Fsp3) is 0.294. The maximum atomic E-state index is 9.66. The monoisotopic (exact) mass is 255 g/mol. The smallest absolute Gasteiger partial charge is 0.118 e. The third kappa shape index (κ3) is 2.90. The van der Waals surface area contributed by atoms with Gasteiger partial charge in [0.05, 0.1) is 0 Å². The molecule has 0 heterocycles. The molecule has 0 aromatic heterocycles. The number of benzene rings is 2. The van der Waals surface area contributed by atoms with Gasteiger partial charge in [-0.2, -0.15) is 0 Å². The Morgan fingerprint density at radius 3 is 2.42 bits per heavy atom. The quantitative estimate of drug-likeness (QED) is 0.804. The number of hydrogen-bond donors (Lipinski definition) is 2. The molecule has 0 unspecified atom stereocenters. The SMILES string of the molecule is Cc1cc(NCc2cccc(C)c2C)c(C)cc1O. The predicted octanol–water partition coefficient (Wildman–Crippen LogP) is 4.24. The second kappa shape index (κ2) is 5.35. The highest BCUT2D eigenvalue weighted by Crippen LogP contribution is 2.25. The third-order valence-electron chi connectivity index (χ3n) is 3.73. The van der Waals surface area contributed by atoms with Crippen LogP contribution in [-0.4, -0.2) is 5.11 Å². The van der Waals surface area contributed by atoms with Gasteiger partial charge in [-0.1, -0.05) is 18.2 Å². The number of rotatable bonds is 3. The lowest BCUT2D eigenvalue weighted by Crippen LogP contribution is -2.03. The average Bonchev–Trinajstić information content (AvgIpc) is 2.37. The van der Waals surface area contributed by atoms with Crippen molar-refractivity contribution in [1.82, 2.24) is 0 Å². The highest BCUT2D eigenvalue weighted by atomic mass is 16.3. The van der Waals surface area contributed by atoms with E-state index in [4.69, 9.17) is 0 Å². The van der Waals surface area contributed by atoms with E-state index in [0.29, 0.717) is 5.75 Å². The molecule has 0 atom stereocenters. The Hall–Kier alpha value is -1.96. The van der Waals surface area contributed by atoms with Crippen LogP contribution in [0.3, 0.4) is 0 Å². The molecule has 19 heavy (non-hydrogen) atoms. The Kier molecular flexibility index (Phi) is 3.79. The van der Waals surface area contributed by atoms with Gasteiger partial charge in [-0.25, -0.2) is 0 Å². The highest BCUT2D eigenvalue weighted by molar-refractivity contribution is 5.57. The minimum absolute atomic E-state index is 0.356. The van der Waals surface area contributed by atoms with Crippen LogP contribution in [0, 0.1) is 27.7 Å². The van der Waals surface area contributed by atoms with Crippen molar-refractivity contribution in [3.63, 3.8) is 0 Å². The Morgan fingerprint density at radius 1 is 0.947 bits per heavy atom. The van der Waals surface area contributed by atoms with Crippen LogP contribution in [-0.2, 0) is 6.54 Å². The summed E-state index contributed by atoms with van der Waals surface area (Å²) in [6.45, 7) is 9.01. The van der Waals surface area contributed by atoms with Gasteiger partial charge < -0.3 is 10.4 Å². The standard InChI is InChI=1S/C17H21NO/c1-11-6-5-7-15(14(11)4)10-18-16-8-13(3)17(19)9-12(16)2/h5-9,18-19H,10H2,1-4H3. The summed E-state index contributed by atoms with van der Waals surface area (Å²) in [6, 6.07) is 10.2. The van der Waals surface area contributed by atoms with E-state index in [2.05, 4.69) is 37.4 Å². The molecule has 0 fully saturated rings. The van der Waals surface area contributed by atoms with Gasteiger partial charge in [0.2, 0.25) is 0 Å². The van der Waals surface area contributed by atoms with Crippen LogP contribution in [0.25, 0.3) is 0 Å². The van der Waals surface area contributed by atoms with Gasteiger partial charge in [0.1, 0.15) is 5.75 Å². The first kappa shape index (κ1) is 13.5. The van der Waals surface area contributed by atoms with Gasteiger partial charge in [0.15, 0.2) is 0 Å². The Balaban J connectivity index is 2.19. The maximum absolute atomic E-state index is 9.66. The molecular formula is C17H21NO. The molecular weight excluding hydrogens is 234 g/mol. The van der Waals surface area contributed by atoms with Crippen molar-refractivity contribution in [1.29, 1.82) is 0 Å². The first-order chi connectivity index (χ1) is 8.99. The van der Waals surface area contributed by atoms with E-state index in [1.807, 2.05) is 19.9 Å². The molecule has 0 aliphatic rings. The van der Waals surface area contributed by atoms with Gasteiger partial charge in [-0.15, -0.1) is 0 Å². The maximum Gasteiger partial charge on any atom is 0.118 e. The van der Waals surface area contributed by atoms with Crippen molar-refractivity contribution in [2.45, 2.75) is 34.2 Å². The van der Waals surface area contributed by atoms with Crippen molar-refractivity contribution in [2.24, 2.45) is 0 Å². The lowest BCUT2D eigenvalue weighted by atomic mass is 10.0. The zero-order valence-corrected chi connectivity index (χ0v) is 12.0. The molecule has 0 radical (unpaired) electrons. The minimum atomic E-state index is 0.356. The van der Waals surface area contributed by atoms with Gasteiger partial charge in [0.25, 0.3) is 0 Å². The molecule has 2 aromatic carbocycles. The van der Waals surface area contributed by atoms with Crippen molar-refractivity contribution in [2.75, 3.05) is 5.32 Å². The van der Waals surface area contributed by atoms with E-state index in [9.17, 15) is 5.11 Å². The van der Waals surface area contributed by atoms with Crippen LogP contribution in [0.15, 0.2) is 30.3 Å². The van der Waals surface area contributed by atoms with Gasteiger partial charge in [0, 0.05) is 12.2 Å². The van der Waals surface area contributed by atoms with Crippen LogP contribution in [0.5, 0.6) is 5.75 Å². The number of phenols is 1. The first-order valence-electron chi connectivity index (χ1n) is 6.58. The molecule has 2 N–H and O–H groups in total. The molecule has 0 amide bonds. The summed E-state index contributed by atoms with van der Waals surface area (Å²) in [5.41, 5.74) is 7.00. The third-order valence-corrected chi connectivity index (χ3v) is 3.73. The zero-order chi connectivity index (χ0) is 14.0. The van der Waals surface area contributed by atoms with Crippen LogP contribution in [0.2, 0.25) is 0 Å². The fourth-order valence-electron chi connectivity index (χ4n) is 2.19. The first-order valence-corrected chi connectivity index (χ1v) is 6.58. The van der Waals surface area contributed by atoms with E-state index < -0.39 is 0 Å². The van der Waals surface area contributed by atoms with Crippen molar-refractivity contribution in [3.8, 4) is 5.75 Å². The number of phenolic OH excluding ortho intramolecular Hbond substituents is 1. The molecule has 0 saturated carbocycles. The molecule has 100 valence electrons. The minimum Gasteiger partial charge on any atom is -0.508 e. The fourth-order valence-corrected chi connectivity index (χ4v) is 2.19. The number of aryl methyl sites for hydroxylation is 3. The van der Waals surface area contributed by atoms with Crippen molar-refractivity contribution in [3.05, 3.63) is 58.1 Å². The van der Waals surface area contributed by atoms with Crippen LogP contribution in [0.1, 0.15) is 27.8 Å². The van der Waals surface area contributed by atoms with Gasteiger partial charge in [-0.3, -0.25) is 0 Å². The Bertz CT molecular complexity index is 602. The van der Waals surface area contributed by atoms with Crippen LogP contribution >= 0.6 is 0 Å². The molecule has 0 bridgehead atoms. The molecule has 2 rings (SSSR count). The summed E-state index contributed by atoms with van der Waals surface area (Å²) < 4.78 is 0. The summed E-state index contributed by atoms with van der Waals surface area (Å²) in [5.74, 6) is 0.356. The number of nitrogens with one attached hydrogen (secondary N) is 1. The topological polar surface area (TPSA) is 32.3 Å². The predicted molar refractivity (Wildman–Crippen MR) is 80.8 cm³/mol. The lowest BCUT2D eigenvalue weighted by molar-refractivity contribution is 0.471. The molecule has 0 aliphatic carbocycles. The van der Waals surface area contributed by atoms with E-state index in [-0.39, 0.29) is 0 Å². The van der Waals surface area contributed by atoms with Crippen LogP contribution in [0.4, 0.5) is 5.69 Å². The molecule has 2 heteroatoms. The molecule has 2 nitrogen and oxygen atoms in total. The summed E-state index contributed by atoms with van der Waals surface area (Å²) in [6.07, 6.45) is 0. The van der Waals surface area contributed by atoms with E-state index >= 15 is 0 Å². The van der Waals surface area contributed by atoms with Gasteiger partial charge >= 0.3 is 0 Å². The average molecular weight is 255 g/mol. The summed E-state index contributed by atoms with van der Waals surface area (Å²) in [4.78, 5) is 0. The van der Waals surface area contributed by atoms with Gasteiger partial charge in [-0.05, 0) is 67.6 Å². The second-order valence-corrected chi connectivity index (χ2v) is 5.17. The lowest BCUT2D eigenvalue weighted by Gasteiger charge is -2.14. The molecule has 0 spiro atoms. The molecule has 0 aliphatic heterocycles. The summed E-state index contributed by atoms with van der Waals surface area (Å²) >= 11 is 0. The number of hydrogen-bond acceptors (Lipinski definition) is 2. The molecule has 2 aromatic rings. The second-order valence-electron chi connectivity index (χ2n) is 5.17. The number of aromatic hydroxyl groups is 1. The highest BCUT2D eigenvalue weighted by Gasteiger charge is 2.05. The number of anilines is 1. The molecule has 0 saturated heterocycles. The van der Waals surface area contributed by atoms with E-state index in [1.165, 1.54) is 16.7 Å². The normalized spacial score (nSPS) is 10.5. The van der Waals surface area contributed by atoms with Crippen LogP contribution < -0.4 is 5.32 Å². The van der Waals surface area contributed by atoms with Crippen molar-refractivity contribution < 1.29 is 5.11 Å². The Labute approximate surface area is 115 Å². The Morgan fingerprint density at radius 2 is 1.68 bits per heavy atom.